The Hall–Kier alpha value is -11.6. The van der Waals surface area contributed by atoms with Crippen LogP contribution in [-0.4, -0.2) is 270 Å². The van der Waals surface area contributed by atoms with Crippen molar-refractivity contribution in [2.24, 2.45) is 40.1 Å². The number of aromatic amines is 1. The summed E-state index contributed by atoms with van der Waals surface area (Å²) in [5.41, 5.74) is 41.0. The number of nitrogens with one attached hydrogen (secondary N) is 19. The molecule has 1 fully saturated rings. The summed E-state index contributed by atoms with van der Waals surface area (Å²) in [6, 6.07) is -1.41. The zero-order valence-corrected chi connectivity index (χ0v) is 67.9. The quantitative estimate of drug-likeness (QED) is 0.0108. The maximum Gasteiger partial charge on any atom is 0.326 e. The molecule has 44 nitrogen and oxygen atoms in total. The summed E-state index contributed by atoms with van der Waals surface area (Å²) in [5, 5.41) is 82.2. The highest BCUT2D eigenvalue weighted by atomic mass is 32.1. The van der Waals surface area contributed by atoms with Crippen LogP contribution in [0.15, 0.2) is 60.8 Å². The van der Waals surface area contributed by atoms with E-state index in [1.807, 2.05) is 0 Å². The number of fused-ring (bicyclic) bond motifs is 1. The number of thiol groups is 2. The van der Waals surface area contributed by atoms with Crippen LogP contribution in [0.5, 0.6) is 0 Å². The number of unbranched alkanes of at least 4 members (excludes halogenated alkanes) is 2. The van der Waals surface area contributed by atoms with E-state index in [0.717, 1.165) is 10.9 Å². The van der Waals surface area contributed by atoms with E-state index in [9.17, 15) is 82.1 Å². The molecule has 14 amide bonds. The van der Waals surface area contributed by atoms with Gasteiger partial charge in [0.25, 0.3) is 0 Å². The predicted molar refractivity (Wildman–Crippen MR) is 444 cm³/mol. The topological polar surface area (TPSA) is 750 Å². The molecular formula is C73H117N27O17S2. The Kier molecular flexibility index (Phi) is 45.0. The van der Waals surface area contributed by atoms with E-state index in [-0.39, 0.29) is 159 Å². The molecule has 0 spiro atoms. The molecule has 658 valence electrons. The van der Waals surface area contributed by atoms with Gasteiger partial charge in [-0.2, -0.15) is 25.3 Å². The Labute approximate surface area is 698 Å². The fraction of sp³-hybridized carbons (Fsp3) is 0.562. The van der Waals surface area contributed by atoms with Crippen LogP contribution in [0.1, 0.15) is 114 Å². The monoisotopic (exact) mass is 1710 g/mol. The molecule has 46 heteroatoms. The number of aliphatic hydroxyl groups excluding tert-OH is 1. The smallest absolute Gasteiger partial charge is 0.326 e. The van der Waals surface area contributed by atoms with Crippen LogP contribution < -0.4 is 120 Å². The molecule has 1 aliphatic heterocycles. The fourth-order valence-corrected chi connectivity index (χ4v) is 13.0. The number of nitrogens with zero attached hydrogens (tertiary/aromatic N) is 1. The first-order valence-electron chi connectivity index (χ1n) is 38.9. The summed E-state index contributed by atoms with van der Waals surface area (Å²) in [7, 11) is 0. The number of primary amides is 1. The van der Waals surface area contributed by atoms with E-state index in [2.05, 4.69) is 110 Å². The van der Waals surface area contributed by atoms with E-state index < -0.39 is 193 Å². The number of carboxylic acids is 1. The molecule has 1 saturated heterocycles. The molecular weight excluding hydrogens is 1590 g/mol. The largest absolute Gasteiger partial charge is 0.480 e. The second kappa shape index (κ2) is 53.7. The van der Waals surface area contributed by atoms with Crippen molar-refractivity contribution >= 4 is 143 Å². The minimum atomic E-state index is -1.74. The number of hydrogen-bond acceptors (Lipinski definition) is 24. The second-order valence-electron chi connectivity index (χ2n) is 28.1. The van der Waals surface area contributed by atoms with E-state index in [0.29, 0.717) is 24.0 Å². The Balaban J connectivity index is 1.49. The Morgan fingerprint density at radius 1 is 0.471 bits per heavy atom. The fourth-order valence-electron chi connectivity index (χ4n) is 12.5. The second-order valence-corrected chi connectivity index (χ2v) is 28.9. The minimum Gasteiger partial charge on any atom is -0.480 e. The first kappa shape index (κ1) is 99.7. The summed E-state index contributed by atoms with van der Waals surface area (Å²) in [6.45, 7) is -2.20. The van der Waals surface area contributed by atoms with Gasteiger partial charge in [0.05, 0.1) is 25.7 Å². The third-order valence-electron chi connectivity index (χ3n) is 18.8. The van der Waals surface area contributed by atoms with Crippen LogP contribution in [0.25, 0.3) is 10.9 Å². The standard InChI is InChI=1S/C73H117N27O17S2/c74-26-8-6-18-45(93-65(111)52(37-101)97-68(114)55-23-13-31-100(55)69(115)49(22-12-30-86-73(82)83)95-66(112)53(38-118)98-59(105)43(76)24-25-56(77)102)60(106)88-35-57(103)90-47(21-11-29-85-72(80)81)62(108)94-48(19-7-9-27-75)63(109)92-46(20-10-28-84-71(78)79)61(107)89-36-58(104)91-50(32-40-14-2-1-3-15-40)64(110)99-54(39-119)67(113)96-51(70(116)117)33-41-34-87-44-17-5-4-16-42(41)44/h1-5,14-17,34,43,45-55,87,101,118-119H,6-13,18-33,35-39,74-76H2,(H2,77,102)(H,88,106)(H,89,107)(H,90,103)(H,91,104)(H,92,109)(H,93,111)(H,94,108)(H,95,112)(H,96,113)(H,97,114)(H,98,105)(H,99,110)(H,116,117)(H4,78,79,84)(H4,80,81,85)(H4,82,83,86)/t43-,45-,46-,47-,48-,49-,50-,51-,52-,53-,54-,55-/m0/s1. The number of benzene rings is 2. The summed E-state index contributed by atoms with van der Waals surface area (Å²) >= 11 is 8.45. The lowest BCUT2D eigenvalue weighted by Crippen LogP contribution is -2.60. The number of H-pyrrole nitrogens is 1. The molecule has 119 heavy (non-hydrogen) atoms. The molecule has 0 saturated carbocycles. The highest BCUT2D eigenvalue weighted by Crippen LogP contribution is 2.22. The molecule has 1 aliphatic rings. The number of carbonyl (C=O) groups excluding carboxylic acids is 14. The number of para-hydroxylation sites is 1. The van der Waals surface area contributed by atoms with Crippen molar-refractivity contribution in [3.05, 3.63) is 71.9 Å². The number of aliphatic hydroxyl groups is 1. The number of aliphatic carboxylic acids is 1. The molecule has 35 N–H and O–H groups in total. The Morgan fingerprint density at radius 3 is 1.38 bits per heavy atom. The normalized spacial score (nSPS) is 15.0. The van der Waals surface area contributed by atoms with Gasteiger partial charge in [-0.25, -0.2) is 4.79 Å². The number of aromatic nitrogens is 1. The van der Waals surface area contributed by atoms with Crippen molar-refractivity contribution in [3.63, 3.8) is 0 Å². The summed E-state index contributed by atoms with van der Waals surface area (Å²) in [5.74, 6) is -15.6. The number of hydrogen-bond donors (Lipinski definition) is 30. The van der Waals surface area contributed by atoms with Gasteiger partial charge in [-0.3, -0.25) is 83.4 Å². The molecule has 0 bridgehead atoms. The zero-order chi connectivity index (χ0) is 88.1. The van der Waals surface area contributed by atoms with E-state index >= 15 is 0 Å². The van der Waals surface area contributed by atoms with Crippen molar-refractivity contribution < 1.29 is 82.1 Å². The van der Waals surface area contributed by atoms with Crippen molar-refractivity contribution in [3.8, 4) is 0 Å². The van der Waals surface area contributed by atoms with Crippen molar-refractivity contribution in [1.82, 2.24) is 89.6 Å². The minimum absolute atomic E-state index is 0.00747. The van der Waals surface area contributed by atoms with Crippen LogP contribution in [0.4, 0.5) is 0 Å². The predicted octanol–water partition coefficient (Wildman–Crippen LogP) is -8.40. The number of nitrogens with two attached hydrogens (primary N) is 7. The van der Waals surface area contributed by atoms with Crippen LogP contribution in [0, 0.1) is 16.2 Å². The van der Waals surface area contributed by atoms with Gasteiger partial charge in [0, 0.05) is 74.0 Å². The van der Waals surface area contributed by atoms with Gasteiger partial charge in [0.2, 0.25) is 82.7 Å². The first-order chi connectivity index (χ1) is 56.7. The third-order valence-corrected chi connectivity index (χ3v) is 19.6. The van der Waals surface area contributed by atoms with Gasteiger partial charge in [0.15, 0.2) is 17.9 Å². The van der Waals surface area contributed by atoms with Crippen molar-refractivity contribution in [1.29, 1.82) is 16.2 Å². The van der Waals surface area contributed by atoms with Gasteiger partial charge in [0.1, 0.15) is 66.5 Å². The number of rotatable bonds is 56. The summed E-state index contributed by atoms with van der Waals surface area (Å²) < 4.78 is 0. The van der Waals surface area contributed by atoms with E-state index in [1.165, 1.54) is 4.90 Å². The Bertz CT molecular complexity index is 3940. The maximum atomic E-state index is 14.5. The van der Waals surface area contributed by atoms with Gasteiger partial charge in [-0.05, 0) is 127 Å². The van der Waals surface area contributed by atoms with Gasteiger partial charge in [-0.15, -0.1) is 0 Å². The number of amides is 14. The first-order valence-corrected chi connectivity index (χ1v) is 40.2. The van der Waals surface area contributed by atoms with Gasteiger partial charge >= 0.3 is 5.97 Å². The SMILES string of the molecule is N=C(N)NCCC[C@H](NC(=O)CNC(=O)[C@H](CCCCN)NC(=O)[C@H](CO)NC(=O)[C@@H]1CCCN1C(=O)[C@H](CCCNC(=N)N)NC(=O)[C@H](CS)NC(=O)[C@@H](N)CCC(N)=O)C(=O)N[C@@H](CCCCN)C(=O)N[C@@H](CCCNC(=N)N)C(=O)NCC(=O)N[C@@H](Cc1ccccc1)C(=O)N[C@@H](CS)C(=O)N[C@@H](Cc1c[nH]c2ccccc12)C(=O)O. The number of carbonyl (C=O) groups is 15. The average molecular weight is 1710 g/mol. The maximum absolute atomic E-state index is 14.5. The lowest BCUT2D eigenvalue weighted by molar-refractivity contribution is -0.143. The van der Waals surface area contributed by atoms with Crippen molar-refractivity contribution in [2.45, 2.75) is 188 Å². The average Bonchev–Trinajstić information content (AvgIpc) is 1.67. The van der Waals surface area contributed by atoms with Gasteiger partial charge < -0.3 is 140 Å². The zero-order valence-electron chi connectivity index (χ0n) is 66.1. The highest BCUT2D eigenvalue weighted by molar-refractivity contribution is 7.80. The van der Waals surface area contributed by atoms with E-state index in [4.69, 9.17) is 56.4 Å². The van der Waals surface area contributed by atoms with Crippen LogP contribution in [0.2, 0.25) is 0 Å². The summed E-state index contributed by atoms with van der Waals surface area (Å²) in [4.78, 5) is 210. The number of likely N-dealkylation sites (tertiary alicyclic amines) is 1. The van der Waals surface area contributed by atoms with E-state index in [1.54, 1.807) is 60.8 Å². The van der Waals surface area contributed by atoms with Crippen LogP contribution in [0.3, 0.4) is 0 Å². The molecule has 0 unspecified atom stereocenters. The third kappa shape index (κ3) is 36.4. The lowest BCUT2D eigenvalue weighted by Gasteiger charge is -2.30. The number of carboxylic acid groups (broad SMARTS) is 1. The van der Waals surface area contributed by atoms with Crippen LogP contribution >= 0.6 is 25.3 Å². The molecule has 2 aromatic carbocycles. The molecule has 0 aliphatic carbocycles. The molecule has 2 heterocycles. The van der Waals surface area contributed by atoms with Gasteiger partial charge in [-0.1, -0.05) is 48.5 Å². The Morgan fingerprint density at radius 2 is 0.891 bits per heavy atom. The highest BCUT2D eigenvalue weighted by Gasteiger charge is 2.41. The molecule has 4 rings (SSSR count). The summed E-state index contributed by atoms with van der Waals surface area (Å²) in [6.07, 6.45) is 2.23. The van der Waals surface area contributed by atoms with Crippen LogP contribution in [-0.2, 0) is 84.8 Å². The van der Waals surface area contributed by atoms with Crippen molar-refractivity contribution in [2.75, 3.05) is 70.5 Å². The molecule has 3 aromatic rings. The molecule has 12 atom stereocenters. The number of guanidine groups is 3. The molecule has 0 radical (unpaired) electrons. The lowest BCUT2D eigenvalue weighted by atomic mass is 10.0. The molecule has 1 aromatic heterocycles.